The fourth-order valence-corrected chi connectivity index (χ4v) is 3.42. The largest absolute Gasteiger partial charge is 0.457 e. The molecule has 4 heteroatoms. The third kappa shape index (κ3) is 5.41. The Morgan fingerprint density at radius 2 is 1.92 bits per heavy atom. The second-order valence-electron chi connectivity index (χ2n) is 8.37. The van der Waals surface area contributed by atoms with Crippen molar-refractivity contribution in [3.05, 3.63) is 35.5 Å². The molecule has 146 valence electrons. The molecule has 1 saturated carbocycles. The summed E-state index contributed by atoms with van der Waals surface area (Å²) in [5, 5.41) is 8.06. The third-order valence-electron chi connectivity index (χ3n) is 4.95. The van der Waals surface area contributed by atoms with Crippen molar-refractivity contribution in [2.45, 2.75) is 73.5 Å². The summed E-state index contributed by atoms with van der Waals surface area (Å²) in [4.78, 5) is 24.5. The number of rotatable bonds is 5. The van der Waals surface area contributed by atoms with E-state index in [1.807, 2.05) is 20.8 Å². The molecule has 0 heterocycles. The molecule has 3 unspecified atom stereocenters. The van der Waals surface area contributed by atoms with Crippen LogP contribution >= 0.6 is 0 Å². The first kappa shape index (κ1) is 22.4. The van der Waals surface area contributed by atoms with Gasteiger partial charge in [-0.3, -0.25) is 9.59 Å². The lowest BCUT2D eigenvalue weighted by Crippen LogP contribution is -2.20. The number of allylic oxidation sites excluding steroid dienone is 4. The lowest BCUT2D eigenvalue weighted by Gasteiger charge is -2.13. The number of hydrogen-bond acceptors (Lipinski definition) is 4. The van der Waals surface area contributed by atoms with Crippen molar-refractivity contribution in [3.8, 4) is 0 Å². The van der Waals surface area contributed by atoms with Crippen LogP contribution in [0, 0.1) is 17.3 Å². The molecule has 1 fully saturated rings. The van der Waals surface area contributed by atoms with Crippen LogP contribution in [0.25, 0.3) is 0 Å². The highest BCUT2D eigenvalue weighted by Gasteiger charge is 2.61. The second kappa shape index (κ2) is 8.81. The van der Waals surface area contributed by atoms with Crippen molar-refractivity contribution in [1.82, 2.24) is 0 Å². The Labute approximate surface area is 158 Å². The standard InChI is InChI=1S/C19H26O3.C3H8O/c1-7-8-13-12(4)16(10-15(13)20)22-18(21)17-14(9-11(2)3)19(17,5)6;1-3(2)4/h7,9,14,16-17H,1,8,10H2,2-6H3;3-4H,1-2H3. The van der Waals surface area contributed by atoms with E-state index < -0.39 is 6.10 Å². The van der Waals surface area contributed by atoms with Gasteiger partial charge in [0, 0.05) is 11.7 Å². The van der Waals surface area contributed by atoms with Gasteiger partial charge >= 0.3 is 5.97 Å². The quantitative estimate of drug-likeness (QED) is 0.582. The monoisotopic (exact) mass is 362 g/mol. The number of esters is 1. The minimum atomic E-state index is -0.390. The number of hydrogen-bond donors (Lipinski definition) is 1. The smallest absolute Gasteiger partial charge is 0.310 e. The number of aliphatic hydroxyl groups is 1. The van der Waals surface area contributed by atoms with Gasteiger partial charge in [0.25, 0.3) is 0 Å². The summed E-state index contributed by atoms with van der Waals surface area (Å²) in [5.74, 6) is 0.0309. The van der Waals surface area contributed by atoms with Crippen LogP contribution in [-0.4, -0.2) is 29.1 Å². The first-order chi connectivity index (χ1) is 11.9. The van der Waals surface area contributed by atoms with Gasteiger partial charge in [-0.05, 0) is 57.9 Å². The Bertz CT molecular complexity index is 615. The molecular weight excluding hydrogens is 328 g/mol. The molecule has 0 saturated heterocycles. The maximum atomic E-state index is 12.5. The molecule has 4 nitrogen and oxygen atoms in total. The number of ketones is 1. The lowest BCUT2D eigenvalue weighted by atomic mass is 10.1. The SMILES string of the molecule is C=CCC1=C(C)C(OC(=O)C2C(C=C(C)C)C2(C)C)CC1=O.CC(C)O. The molecular formula is C22H34O4. The molecule has 0 aromatic rings. The van der Waals surface area contributed by atoms with Crippen LogP contribution in [0.2, 0.25) is 0 Å². The van der Waals surface area contributed by atoms with Crippen LogP contribution in [0.4, 0.5) is 0 Å². The van der Waals surface area contributed by atoms with Crippen LogP contribution in [0.3, 0.4) is 0 Å². The Kier molecular flexibility index (Phi) is 7.57. The number of ether oxygens (including phenoxy) is 1. The maximum Gasteiger partial charge on any atom is 0.310 e. The van der Waals surface area contributed by atoms with Crippen molar-refractivity contribution >= 4 is 11.8 Å². The van der Waals surface area contributed by atoms with Crippen molar-refractivity contribution in [2.75, 3.05) is 0 Å². The summed E-state index contributed by atoms with van der Waals surface area (Å²) in [6, 6.07) is 0. The van der Waals surface area contributed by atoms with Crippen LogP contribution < -0.4 is 0 Å². The predicted octanol–water partition coefficient (Wildman–Crippen LogP) is 4.39. The molecule has 2 aliphatic rings. The van der Waals surface area contributed by atoms with Crippen molar-refractivity contribution in [2.24, 2.45) is 17.3 Å². The number of Topliss-reactive ketones (excluding diaryl/α,β-unsaturated/α-hetero) is 1. The van der Waals surface area contributed by atoms with Crippen molar-refractivity contribution < 1.29 is 19.4 Å². The fourth-order valence-electron chi connectivity index (χ4n) is 3.42. The number of carbonyl (C=O) groups excluding carboxylic acids is 2. The molecule has 3 atom stereocenters. The van der Waals surface area contributed by atoms with E-state index in [1.54, 1.807) is 19.9 Å². The second-order valence-corrected chi connectivity index (χ2v) is 8.37. The van der Waals surface area contributed by atoms with E-state index in [4.69, 9.17) is 9.84 Å². The van der Waals surface area contributed by atoms with E-state index >= 15 is 0 Å². The van der Waals surface area contributed by atoms with Gasteiger partial charge in [0.05, 0.1) is 12.3 Å². The predicted molar refractivity (Wildman–Crippen MR) is 105 cm³/mol. The highest BCUT2D eigenvalue weighted by Crippen LogP contribution is 2.60. The molecule has 2 aliphatic carbocycles. The van der Waals surface area contributed by atoms with Gasteiger partial charge in [-0.2, -0.15) is 0 Å². The lowest BCUT2D eigenvalue weighted by molar-refractivity contribution is -0.150. The van der Waals surface area contributed by atoms with E-state index in [-0.39, 0.29) is 41.5 Å². The first-order valence-corrected chi connectivity index (χ1v) is 9.30. The minimum Gasteiger partial charge on any atom is -0.457 e. The zero-order valence-electron chi connectivity index (χ0n) is 17.3. The van der Waals surface area contributed by atoms with Gasteiger partial charge in [-0.25, -0.2) is 0 Å². The van der Waals surface area contributed by atoms with E-state index in [1.165, 1.54) is 5.57 Å². The van der Waals surface area contributed by atoms with Gasteiger partial charge in [0.15, 0.2) is 5.78 Å². The molecule has 0 aromatic carbocycles. The molecule has 0 spiro atoms. The Balaban J connectivity index is 0.000000765. The summed E-state index contributed by atoms with van der Waals surface area (Å²) < 4.78 is 5.66. The normalized spacial score (nSPS) is 26.2. The van der Waals surface area contributed by atoms with Crippen LogP contribution in [0.5, 0.6) is 0 Å². The molecule has 0 amide bonds. The molecule has 26 heavy (non-hydrogen) atoms. The van der Waals surface area contributed by atoms with Gasteiger partial charge in [0.1, 0.15) is 6.10 Å². The minimum absolute atomic E-state index is 0.0570. The molecule has 0 aliphatic heterocycles. The van der Waals surface area contributed by atoms with Gasteiger partial charge in [-0.1, -0.05) is 31.6 Å². The Morgan fingerprint density at radius 1 is 1.38 bits per heavy atom. The summed E-state index contributed by atoms with van der Waals surface area (Å²) in [6.07, 6.45) is 4.14. The molecule has 0 aromatic heterocycles. The average Bonchev–Trinajstić information content (AvgIpc) is 2.91. The van der Waals surface area contributed by atoms with Gasteiger partial charge in [0.2, 0.25) is 0 Å². The van der Waals surface area contributed by atoms with Crippen LogP contribution in [-0.2, 0) is 14.3 Å². The number of aliphatic hydroxyl groups excluding tert-OH is 1. The highest BCUT2D eigenvalue weighted by atomic mass is 16.5. The van der Waals surface area contributed by atoms with E-state index in [9.17, 15) is 9.59 Å². The summed E-state index contributed by atoms with van der Waals surface area (Å²) in [5.41, 5.74) is 2.80. The Morgan fingerprint density at radius 3 is 2.38 bits per heavy atom. The summed E-state index contributed by atoms with van der Waals surface area (Å²) in [6.45, 7) is 17.3. The van der Waals surface area contributed by atoms with Crippen LogP contribution in [0.1, 0.15) is 61.3 Å². The zero-order chi connectivity index (χ0) is 20.2. The van der Waals surface area contributed by atoms with E-state index in [0.29, 0.717) is 6.42 Å². The number of carbonyl (C=O) groups is 2. The molecule has 0 bridgehead atoms. The van der Waals surface area contributed by atoms with Gasteiger partial charge in [-0.15, -0.1) is 6.58 Å². The fraction of sp³-hybridized carbons (Fsp3) is 0.636. The van der Waals surface area contributed by atoms with Crippen LogP contribution in [0.15, 0.2) is 35.5 Å². The first-order valence-electron chi connectivity index (χ1n) is 9.30. The van der Waals surface area contributed by atoms with E-state index in [0.717, 1.165) is 11.1 Å². The maximum absolute atomic E-state index is 12.5. The summed E-state index contributed by atoms with van der Waals surface area (Å²) in [7, 11) is 0. The summed E-state index contributed by atoms with van der Waals surface area (Å²) >= 11 is 0. The average molecular weight is 363 g/mol. The van der Waals surface area contributed by atoms with E-state index in [2.05, 4.69) is 26.5 Å². The highest BCUT2D eigenvalue weighted by molar-refractivity contribution is 6.00. The van der Waals surface area contributed by atoms with Crippen molar-refractivity contribution in [3.63, 3.8) is 0 Å². The van der Waals surface area contributed by atoms with Gasteiger partial charge < -0.3 is 9.84 Å². The molecule has 2 rings (SSSR count). The zero-order valence-corrected chi connectivity index (χ0v) is 17.3. The topological polar surface area (TPSA) is 63.6 Å². The Hall–Kier alpha value is -1.68. The van der Waals surface area contributed by atoms with Crippen molar-refractivity contribution in [1.29, 1.82) is 0 Å². The molecule has 1 N–H and O–H groups in total. The third-order valence-corrected chi connectivity index (χ3v) is 4.95. The molecule has 0 radical (unpaired) electrons.